The highest BCUT2D eigenvalue weighted by Gasteiger charge is 2.43. The Balaban J connectivity index is 1.75. The first kappa shape index (κ1) is 18.4. The zero-order valence-corrected chi connectivity index (χ0v) is 15.0. The van der Waals surface area contributed by atoms with E-state index in [1.807, 2.05) is 0 Å². The van der Waals surface area contributed by atoms with Gasteiger partial charge in [-0.3, -0.25) is 19.3 Å². The molecule has 0 unspecified atom stereocenters. The van der Waals surface area contributed by atoms with Crippen LogP contribution in [0.15, 0.2) is 36.9 Å². The van der Waals surface area contributed by atoms with Crippen molar-refractivity contribution in [3.8, 4) is 0 Å². The van der Waals surface area contributed by atoms with Gasteiger partial charge in [-0.2, -0.15) is 0 Å². The lowest BCUT2D eigenvalue weighted by atomic mass is 9.71. The van der Waals surface area contributed by atoms with Crippen molar-refractivity contribution in [1.29, 1.82) is 0 Å². The topological polar surface area (TPSA) is 63.7 Å². The lowest BCUT2D eigenvalue weighted by Crippen LogP contribution is -2.43. The van der Waals surface area contributed by atoms with E-state index in [4.69, 9.17) is 4.74 Å². The molecule has 0 aromatic heterocycles. The fraction of sp³-hybridized carbons (Fsp3) is 0.476. The summed E-state index contributed by atoms with van der Waals surface area (Å²) < 4.78 is 5.29. The number of fused-ring (bicyclic) bond motifs is 1. The Morgan fingerprint density at radius 2 is 1.73 bits per heavy atom. The van der Waals surface area contributed by atoms with Gasteiger partial charge in [0.15, 0.2) is 0 Å². The van der Waals surface area contributed by atoms with E-state index < -0.39 is 0 Å². The van der Waals surface area contributed by atoms with Gasteiger partial charge in [0.25, 0.3) is 11.8 Å². The predicted molar refractivity (Wildman–Crippen MR) is 97.7 cm³/mol. The maximum Gasteiger partial charge on any atom is 0.306 e. The minimum Gasteiger partial charge on any atom is -0.465 e. The monoisotopic (exact) mass is 355 g/mol. The largest absolute Gasteiger partial charge is 0.465 e. The van der Waals surface area contributed by atoms with Gasteiger partial charge in [-0.15, -0.1) is 6.58 Å². The van der Waals surface area contributed by atoms with Crippen molar-refractivity contribution in [1.82, 2.24) is 4.90 Å². The molecule has 26 heavy (non-hydrogen) atoms. The molecule has 2 aliphatic rings. The molecule has 0 atom stereocenters. The lowest BCUT2D eigenvalue weighted by molar-refractivity contribution is -0.147. The number of benzene rings is 1. The fourth-order valence-corrected chi connectivity index (χ4v) is 4.02. The van der Waals surface area contributed by atoms with Crippen LogP contribution in [0.3, 0.4) is 0 Å². The van der Waals surface area contributed by atoms with Crippen molar-refractivity contribution >= 4 is 17.8 Å². The number of nitrogens with zero attached hydrogens (tertiary/aromatic N) is 1. The number of amides is 2. The molecule has 1 heterocycles. The number of carbonyl (C=O) groups is 3. The first-order valence-corrected chi connectivity index (χ1v) is 9.28. The maximum atomic E-state index is 12.7. The summed E-state index contributed by atoms with van der Waals surface area (Å²) in [4.78, 5) is 39.0. The quantitative estimate of drug-likeness (QED) is 0.323. The molecule has 1 saturated carbocycles. The molecule has 1 aliphatic heterocycles. The minimum absolute atomic E-state index is 0.248. The minimum atomic E-state index is -0.378. The number of hydrogen-bond acceptors (Lipinski definition) is 4. The van der Waals surface area contributed by atoms with Crippen LogP contribution in [0, 0.1) is 5.41 Å². The SMILES string of the molecule is C=CCCOC(=O)CC1(CN2C(=O)c3ccccc3C2=O)CCCCC1. The molecule has 0 N–H and O–H groups in total. The van der Waals surface area contributed by atoms with Crippen molar-refractivity contribution in [2.75, 3.05) is 13.2 Å². The van der Waals surface area contributed by atoms with E-state index in [0.717, 1.165) is 32.1 Å². The van der Waals surface area contributed by atoms with Crippen molar-refractivity contribution in [3.05, 3.63) is 48.0 Å². The molecule has 5 heteroatoms. The first-order chi connectivity index (χ1) is 12.6. The number of ether oxygens (including phenoxy) is 1. The highest BCUT2D eigenvalue weighted by atomic mass is 16.5. The average molecular weight is 355 g/mol. The van der Waals surface area contributed by atoms with E-state index >= 15 is 0 Å². The summed E-state index contributed by atoms with van der Waals surface area (Å²) in [6, 6.07) is 6.90. The Morgan fingerprint density at radius 3 is 2.31 bits per heavy atom. The van der Waals surface area contributed by atoms with E-state index in [0.29, 0.717) is 24.2 Å². The molecule has 3 rings (SSSR count). The van der Waals surface area contributed by atoms with Gasteiger partial charge in [-0.1, -0.05) is 37.5 Å². The zero-order chi connectivity index (χ0) is 18.6. The van der Waals surface area contributed by atoms with Gasteiger partial charge < -0.3 is 4.74 Å². The molecule has 2 amide bonds. The van der Waals surface area contributed by atoms with Crippen LogP contribution >= 0.6 is 0 Å². The van der Waals surface area contributed by atoms with Crippen LogP contribution in [0.4, 0.5) is 0 Å². The first-order valence-electron chi connectivity index (χ1n) is 9.28. The molecule has 0 spiro atoms. The van der Waals surface area contributed by atoms with E-state index in [1.165, 1.54) is 4.90 Å². The second kappa shape index (κ2) is 7.85. The zero-order valence-electron chi connectivity index (χ0n) is 15.0. The van der Waals surface area contributed by atoms with Gasteiger partial charge in [0.2, 0.25) is 0 Å². The van der Waals surface area contributed by atoms with Gasteiger partial charge in [0.1, 0.15) is 0 Å². The molecule has 138 valence electrons. The Kier molecular flexibility index (Phi) is 5.55. The summed E-state index contributed by atoms with van der Waals surface area (Å²) in [6.45, 7) is 4.23. The van der Waals surface area contributed by atoms with Crippen molar-refractivity contribution in [2.24, 2.45) is 5.41 Å². The summed E-state index contributed by atoms with van der Waals surface area (Å²) in [7, 11) is 0. The summed E-state index contributed by atoms with van der Waals surface area (Å²) in [5, 5.41) is 0. The standard InChI is InChI=1S/C21H25NO4/c1-2-3-13-26-18(23)14-21(11-7-4-8-12-21)15-22-19(24)16-9-5-6-10-17(16)20(22)25/h2,5-6,9-10H,1,3-4,7-8,11-15H2. The molecule has 0 bridgehead atoms. The molecule has 5 nitrogen and oxygen atoms in total. The number of imide groups is 1. The van der Waals surface area contributed by atoms with E-state index in [1.54, 1.807) is 30.3 Å². The van der Waals surface area contributed by atoms with Gasteiger partial charge in [-0.25, -0.2) is 0 Å². The average Bonchev–Trinajstić information content (AvgIpc) is 2.88. The normalized spacial score (nSPS) is 18.5. The molecule has 1 fully saturated rings. The van der Waals surface area contributed by atoms with E-state index in [-0.39, 0.29) is 36.2 Å². The number of carbonyl (C=O) groups excluding carboxylic acids is 3. The maximum absolute atomic E-state index is 12.7. The highest BCUT2D eigenvalue weighted by Crippen LogP contribution is 2.41. The van der Waals surface area contributed by atoms with E-state index in [2.05, 4.69) is 6.58 Å². The van der Waals surface area contributed by atoms with Gasteiger partial charge in [0.05, 0.1) is 24.2 Å². The molecular formula is C21H25NO4. The van der Waals surface area contributed by atoms with Crippen LogP contribution in [0.5, 0.6) is 0 Å². The van der Waals surface area contributed by atoms with E-state index in [9.17, 15) is 14.4 Å². The summed E-state index contributed by atoms with van der Waals surface area (Å²) >= 11 is 0. The summed E-state index contributed by atoms with van der Waals surface area (Å²) in [5.74, 6) is -0.767. The Labute approximate surface area is 154 Å². The van der Waals surface area contributed by atoms with Crippen molar-refractivity contribution in [3.63, 3.8) is 0 Å². The van der Waals surface area contributed by atoms with Crippen LogP contribution in [-0.2, 0) is 9.53 Å². The smallest absolute Gasteiger partial charge is 0.306 e. The summed E-state index contributed by atoms with van der Waals surface area (Å²) in [6.07, 6.45) is 7.37. The van der Waals surface area contributed by atoms with Crippen LogP contribution in [0.2, 0.25) is 0 Å². The Morgan fingerprint density at radius 1 is 1.12 bits per heavy atom. The second-order valence-corrected chi connectivity index (χ2v) is 7.28. The van der Waals surface area contributed by atoms with Crippen LogP contribution < -0.4 is 0 Å². The fourth-order valence-electron chi connectivity index (χ4n) is 4.02. The number of hydrogen-bond donors (Lipinski definition) is 0. The molecule has 0 saturated heterocycles. The van der Waals surface area contributed by atoms with Gasteiger partial charge in [-0.05, 0) is 36.8 Å². The third kappa shape index (κ3) is 3.71. The van der Waals surface area contributed by atoms with Crippen molar-refractivity contribution < 1.29 is 19.1 Å². The summed E-state index contributed by atoms with van der Waals surface area (Å²) in [5.41, 5.74) is 0.533. The second-order valence-electron chi connectivity index (χ2n) is 7.28. The number of esters is 1. The molecule has 1 aromatic rings. The van der Waals surface area contributed by atoms with Crippen LogP contribution in [-0.4, -0.2) is 35.8 Å². The van der Waals surface area contributed by atoms with Crippen LogP contribution in [0.25, 0.3) is 0 Å². The molecule has 1 aliphatic carbocycles. The van der Waals surface area contributed by atoms with Crippen LogP contribution in [0.1, 0.15) is 65.7 Å². The van der Waals surface area contributed by atoms with Gasteiger partial charge >= 0.3 is 5.97 Å². The third-order valence-electron chi connectivity index (χ3n) is 5.39. The Hall–Kier alpha value is -2.43. The lowest BCUT2D eigenvalue weighted by Gasteiger charge is -2.38. The highest BCUT2D eigenvalue weighted by molar-refractivity contribution is 6.21. The predicted octanol–water partition coefficient (Wildman–Crippen LogP) is 3.74. The van der Waals surface area contributed by atoms with Crippen molar-refractivity contribution in [2.45, 2.75) is 44.9 Å². The Bertz CT molecular complexity index is 683. The molecular weight excluding hydrogens is 330 g/mol. The number of rotatable bonds is 7. The molecule has 1 aromatic carbocycles. The van der Waals surface area contributed by atoms with Gasteiger partial charge in [0, 0.05) is 6.54 Å². The third-order valence-corrected chi connectivity index (χ3v) is 5.39. The molecule has 0 radical (unpaired) electrons.